The Hall–Kier alpha value is -1.09. The summed E-state index contributed by atoms with van der Waals surface area (Å²) in [6.07, 6.45) is 0. The van der Waals surface area contributed by atoms with Crippen molar-refractivity contribution < 1.29 is 4.79 Å². The number of nitrogens with one attached hydrogen (secondary N) is 1. The second kappa shape index (κ2) is 4.23. The molecule has 0 aliphatic carbocycles. The molecule has 0 bridgehead atoms. The van der Waals surface area contributed by atoms with Gasteiger partial charge in [0.15, 0.2) is 0 Å². The molecule has 13 heavy (non-hydrogen) atoms. The third-order valence-corrected chi connectivity index (χ3v) is 1.88. The molecule has 0 radical (unpaired) electrons. The van der Waals surface area contributed by atoms with Gasteiger partial charge in [0.05, 0.1) is 4.48 Å². The zero-order valence-corrected chi connectivity index (χ0v) is 8.89. The minimum absolute atomic E-state index is 0.217. The standard InChI is InChI=1S/C10H10BrNO/c1-7-4-3-5-9(6-7)12-10(13)8(2)11/h3-6H,2H2,1H3,(H,12,13). The molecule has 0 unspecified atom stereocenters. The molecular weight excluding hydrogens is 230 g/mol. The Morgan fingerprint density at radius 1 is 1.54 bits per heavy atom. The Morgan fingerprint density at radius 2 is 2.23 bits per heavy atom. The topological polar surface area (TPSA) is 29.1 Å². The van der Waals surface area contributed by atoms with E-state index in [2.05, 4.69) is 27.8 Å². The first kappa shape index (κ1) is 9.99. The number of rotatable bonds is 2. The Balaban J connectivity index is 2.75. The number of hydrogen-bond donors (Lipinski definition) is 1. The van der Waals surface area contributed by atoms with Crippen molar-refractivity contribution in [1.29, 1.82) is 0 Å². The average molecular weight is 240 g/mol. The molecule has 0 heterocycles. The van der Waals surface area contributed by atoms with Gasteiger partial charge in [0.1, 0.15) is 0 Å². The van der Waals surface area contributed by atoms with E-state index in [4.69, 9.17) is 0 Å². The van der Waals surface area contributed by atoms with E-state index in [1.807, 2.05) is 31.2 Å². The van der Waals surface area contributed by atoms with Crippen LogP contribution in [0, 0.1) is 6.92 Å². The van der Waals surface area contributed by atoms with Gasteiger partial charge in [-0.05, 0) is 40.5 Å². The molecule has 1 N–H and O–H groups in total. The molecular formula is C10H10BrNO. The number of halogens is 1. The summed E-state index contributed by atoms with van der Waals surface area (Å²) in [5.74, 6) is -0.217. The maximum Gasteiger partial charge on any atom is 0.262 e. The highest BCUT2D eigenvalue weighted by molar-refractivity contribution is 9.12. The van der Waals surface area contributed by atoms with Crippen LogP contribution in [0.15, 0.2) is 35.3 Å². The summed E-state index contributed by atoms with van der Waals surface area (Å²) in [5.41, 5.74) is 1.89. The predicted octanol–water partition coefficient (Wildman–Crippen LogP) is 2.84. The molecule has 68 valence electrons. The first-order valence-electron chi connectivity index (χ1n) is 3.82. The van der Waals surface area contributed by atoms with Gasteiger partial charge >= 0.3 is 0 Å². The number of hydrogen-bond acceptors (Lipinski definition) is 1. The molecule has 3 heteroatoms. The van der Waals surface area contributed by atoms with Crippen molar-refractivity contribution in [3.63, 3.8) is 0 Å². The lowest BCUT2D eigenvalue weighted by molar-refractivity contribution is -0.112. The fourth-order valence-electron chi connectivity index (χ4n) is 0.922. The lowest BCUT2D eigenvalue weighted by Crippen LogP contribution is -2.10. The van der Waals surface area contributed by atoms with Crippen LogP contribution in [-0.2, 0) is 4.79 Å². The van der Waals surface area contributed by atoms with Gasteiger partial charge < -0.3 is 5.32 Å². The van der Waals surface area contributed by atoms with Crippen molar-refractivity contribution in [2.24, 2.45) is 0 Å². The third-order valence-electron chi connectivity index (χ3n) is 1.52. The molecule has 1 aromatic carbocycles. The molecule has 0 aromatic heterocycles. The van der Waals surface area contributed by atoms with Crippen LogP contribution in [0.4, 0.5) is 5.69 Å². The third kappa shape index (κ3) is 3.03. The van der Waals surface area contributed by atoms with Crippen LogP contribution >= 0.6 is 15.9 Å². The number of anilines is 1. The van der Waals surface area contributed by atoms with E-state index >= 15 is 0 Å². The molecule has 2 nitrogen and oxygen atoms in total. The second-order valence-corrected chi connectivity index (χ2v) is 3.69. The van der Waals surface area contributed by atoms with E-state index in [-0.39, 0.29) is 5.91 Å². The van der Waals surface area contributed by atoms with Crippen LogP contribution in [0.25, 0.3) is 0 Å². The van der Waals surface area contributed by atoms with Gasteiger partial charge in [-0.3, -0.25) is 4.79 Å². The van der Waals surface area contributed by atoms with Gasteiger partial charge in [0.25, 0.3) is 5.91 Å². The second-order valence-electron chi connectivity index (χ2n) is 2.73. The number of aryl methyl sites for hydroxylation is 1. The number of amides is 1. The minimum atomic E-state index is -0.217. The van der Waals surface area contributed by atoms with Crippen molar-refractivity contribution in [1.82, 2.24) is 0 Å². The van der Waals surface area contributed by atoms with Crippen molar-refractivity contribution in [2.45, 2.75) is 6.92 Å². The highest BCUT2D eigenvalue weighted by Crippen LogP contribution is 2.11. The highest BCUT2D eigenvalue weighted by atomic mass is 79.9. The van der Waals surface area contributed by atoms with Crippen molar-refractivity contribution in [3.8, 4) is 0 Å². The quantitative estimate of drug-likeness (QED) is 0.791. The van der Waals surface area contributed by atoms with E-state index < -0.39 is 0 Å². The summed E-state index contributed by atoms with van der Waals surface area (Å²) in [7, 11) is 0. The van der Waals surface area contributed by atoms with Crippen LogP contribution < -0.4 is 5.32 Å². The van der Waals surface area contributed by atoms with Crippen molar-refractivity contribution >= 4 is 27.5 Å². The number of benzene rings is 1. The Kier molecular flexibility index (Phi) is 3.25. The van der Waals surface area contributed by atoms with E-state index in [9.17, 15) is 4.79 Å². The van der Waals surface area contributed by atoms with Gasteiger partial charge in [-0.25, -0.2) is 0 Å². The van der Waals surface area contributed by atoms with Gasteiger partial charge in [0, 0.05) is 5.69 Å². The average Bonchev–Trinajstić information content (AvgIpc) is 2.04. The summed E-state index contributed by atoms with van der Waals surface area (Å²) in [6.45, 7) is 5.45. The van der Waals surface area contributed by atoms with E-state index in [1.165, 1.54) is 0 Å². The summed E-state index contributed by atoms with van der Waals surface area (Å²) >= 11 is 3.01. The Morgan fingerprint density at radius 3 is 2.77 bits per heavy atom. The first-order valence-corrected chi connectivity index (χ1v) is 4.61. The molecule has 0 saturated carbocycles. The van der Waals surface area contributed by atoms with Crippen LogP contribution in [0.3, 0.4) is 0 Å². The fourth-order valence-corrected chi connectivity index (χ4v) is 1.02. The van der Waals surface area contributed by atoms with Crippen molar-refractivity contribution in [2.75, 3.05) is 5.32 Å². The SMILES string of the molecule is C=C(Br)C(=O)Nc1cccc(C)c1. The first-order chi connectivity index (χ1) is 6.09. The molecule has 0 saturated heterocycles. The monoisotopic (exact) mass is 239 g/mol. The van der Waals surface area contributed by atoms with Crippen LogP contribution in [0.5, 0.6) is 0 Å². The van der Waals surface area contributed by atoms with Crippen molar-refractivity contribution in [3.05, 3.63) is 40.9 Å². The molecule has 1 amide bonds. The maximum absolute atomic E-state index is 11.2. The summed E-state index contributed by atoms with van der Waals surface area (Å²) in [4.78, 5) is 11.2. The zero-order valence-electron chi connectivity index (χ0n) is 7.30. The fraction of sp³-hybridized carbons (Fsp3) is 0.100. The summed E-state index contributed by atoms with van der Waals surface area (Å²) < 4.78 is 0.328. The van der Waals surface area contributed by atoms with Gasteiger partial charge in [0.2, 0.25) is 0 Å². The predicted molar refractivity (Wildman–Crippen MR) is 57.9 cm³/mol. The van der Waals surface area contributed by atoms with Crippen LogP contribution in [0.2, 0.25) is 0 Å². The van der Waals surface area contributed by atoms with Gasteiger partial charge in [-0.2, -0.15) is 0 Å². The number of carbonyl (C=O) groups excluding carboxylic acids is 1. The van der Waals surface area contributed by atoms with Gasteiger partial charge in [-0.15, -0.1) is 0 Å². The van der Waals surface area contributed by atoms with E-state index in [0.29, 0.717) is 4.48 Å². The van der Waals surface area contributed by atoms with E-state index in [0.717, 1.165) is 11.3 Å². The molecule has 0 fully saturated rings. The largest absolute Gasteiger partial charge is 0.322 e. The lowest BCUT2D eigenvalue weighted by atomic mass is 10.2. The van der Waals surface area contributed by atoms with E-state index in [1.54, 1.807) is 0 Å². The van der Waals surface area contributed by atoms with Gasteiger partial charge in [-0.1, -0.05) is 18.7 Å². The summed E-state index contributed by atoms with van der Waals surface area (Å²) in [5, 5.41) is 2.70. The molecule has 0 aliphatic rings. The lowest BCUT2D eigenvalue weighted by Gasteiger charge is -2.03. The minimum Gasteiger partial charge on any atom is -0.322 e. The summed E-state index contributed by atoms with van der Waals surface area (Å²) in [6, 6.07) is 7.59. The van der Waals surface area contributed by atoms with Crippen LogP contribution in [-0.4, -0.2) is 5.91 Å². The number of carbonyl (C=O) groups is 1. The normalized spacial score (nSPS) is 9.38. The Bertz CT molecular complexity index is 347. The molecule has 0 aliphatic heterocycles. The smallest absolute Gasteiger partial charge is 0.262 e. The van der Waals surface area contributed by atoms with Crippen LogP contribution in [0.1, 0.15) is 5.56 Å². The Labute approximate surface area is 85.8 Å². The molecule has 1 aromatic rings. The molecule has 0 spiro atoms. The maximum atomic E-state index is 11.2. The highest BCUT2D eigenvalue weighted by Gasteiger charge is 2.02. The molecule has 1 rings (SSSR count). The molecule has 0 atom stereocenters. The zero-order chi connectivity index (χ0) is 9.84.